The summed E-state index contributed by atoms with van der Waals surface area (Å²) in [5.74, 6) is 2.16. The Labute approximate surface area is 131 Å². The average molecular weight is 298 g/mol. The lowest BCUT2D eigenvalue weighted by Crippen LogP contribution is -2.19. The molecule has 2 N–H and O–H groups in total. The van der Waals surface area contributed by atoms with Crippen molar-refractivity contribution < 1.29 is 9.47 Å². The van der Waals surface area contributed by atoms with Crippen molar-refractivity contribution in [2.45, 2.75) is 12.3 Å². The summed E-state index contributed by atoms with van der Waals surface area (Å²) in [5.41, 5.74) is 9.42. The second-order valence-corrected chi connectivity index (χ2v) is 5.63. The molecule has 1 aliphatic heterocycles. The van der Waals surface area contributed by atoms with Crippen LogP contribution in [-0.2, 0) is 0 Å². The maximum Gasteiger partial charge on any atom is 0.120 e. The molecule has 1 heterocycles. The second-order valence-electron chi connectivity index (χ2n) is 5.63. The molecule has 0 saturated carbocycles. The molecule has 1 fully saturated rings. The Morgan fingerprint density at radius 3 is 2.55 bits per heavy atom. The predicted octanol–water partition coefficient (Wildman–Crippen LogP) is 3.28. The lowest BCUT2D eigenvalue weighted by Gasteiger charge is -2.20. The van der Waals surface area contributed by atoms with Crippen LogP contribution in [0.1, 0.15) is 17.9 Å². The van der Waals surface area contributed by atoms with E-state index in [9.17, 15) is 0 Å². The number of nitrogens with two attached hydrogens (primary N) is 1. The Hall–Kier alpha value is -2.36. The van der Waals surface area contributed by atoms with Crippen LogP contribution in [0.15, 0.2) is 42.5 Å². The Morgan fingerprint density at radius 2 is 1.82 bits per heavy atom. The number of anilines is 2. The molecule has 3 rings (SSSR count). The van der Waals surface area contributed by atoms with E-state index in [1.807, 2.05) is 24.3 Å². The summed E-state index contributed by atoms with van der Waals surface area (Å²) < 4.78 is 10.5. The van der Waals surface area contributed by atoms with Gasteiger partial charge in [-0.3, -0.25) is 0 Å². The van der Waals surface area contributed by atoms with Crippen LogP contribution in [0.3, 0.4) is 0 Å². The van der Waals surface area contributed by atoms with E-state index in [2.05, 4.69) is 23.1 Å². The summed E-state index contributed by atoms with van der Waals surface area (Å²) in [6, 6.07) is 14.2. The van der Waals surface area contributed by atoms with Gasteiger partial charge in [-0.05, 0) is 30.2 Å². The quantitative estimate of drug-likeness (QED) is 0.880. The summed E-state index contributed by atoms with van der Waals surface area (Å²) in [6.45, 7) is 2.01. The molecular weight excluding hydrogens is 276 g/mol. The van der Waals surface area contributed by atoms with Crippen molar-refractivity contribution in [3.8, 4) is 11.5 Å². The smallest absolute Gasteiger partial charge is 0.120 e. The fourth-order valence-electron chi connectivity index (χ4n) is 3.11. The first-order valence-electron chi connectivity index (χ1n) is 7.53. The van der Waals surface area contributed by atoms with Crippen molar-refractivity contribution in [3.63, 3.8) is 0 Å². The highest BCUT2D eigenvalue weighted by Crippen LogP contribution is 2.35. The van der Waals surface area contributed by atoms with Crippen LogP contribution in [0.2, 0.25) is 0 Å². The number of hydrogen-bond acceptors (Lipinski definition) is 4. The van der Waals surface area contributed by atoms with Gasteiger partial charge in [0.25, 0.3) is 0 Å². The molecule has 2 aromatic rings. The Kier molecular flexibility index (Phi) is 4.09. The predicted molar refractivity (Wildman–Crippen MR) is 90.0 cm³/mol. The lowest BCUT2D eigenvalue weighted by atomic mass is 9.96. The molecule has 22 heavy (non-hydrogen) atoms. The molecule has 0 amide bonds. The molecule has 116 valence electrons. The van der Waals surface area contributed by atoms with Gasteiger partial charge in [0.05, 0.1) is 14.2 Å². The summed E-state index contributed by atoms with van der Waals surface area (Å²) in [4.78, 5) is 2.39. The van der Waals surface area contributed by atoms with E-state index in [1.54, 1.807) is 14.2 Å². The van der Waals surface area contributed by atoms with Crippen LogP contribution in [-0.4, -0.2) is 27.3 Å². The van der Waals surface area contributed by atoms with Gasteiger partial charge in [-0.1, -0.05) is 12.1 Å². The van der Waals surface area contributed by atoms with Crippen LogP contribution in [0.5, 0.6) is 11.5 Å². The summed E-state index contributed by atoms with van der Waals surface area (Å²) in [7, 11) is 3.36. The van der Waals surface area contributed by atoms with Gasteiger partial charge in [0.1, 0.15) is 11.5 Å². The van der Waals surface area contributed by atoms with Crippen molar-refractivity contribution >= 4 is 11.4 Å². The highest BCUT2D eigenvalue weighted by Gasteiger charge is 2.25. The third kappa shape index (κ3) is 2.82. The van der Waals surface area contributed by atoms with Gasteiger partial charge in [0.15, 0.2) is 0 Å². The van der Waals surface area contributed by atoms with Gasteiger partial charge in [0.2, 0.25) is 0 Å². The van der Waals surface area contributed by atoms with E-state index in [1.165, 1.54) is 11.3 Å². The molecule has 1 unspecified atom stereocenters. The zero-order valence-electron chi connectivity index (χ0n) is 13.1. The van der Waals surface area contributed by atoms with E-state index in [4.69, 9.17) is 15.2 Å². The van der Waals surface area contributed by atoms with Crippen molar-refractivity contribution in [1.29, 1.82) is 0 Å². The first kappa shape index (κ1) is 14.6. The van der Waals surface area contributed by atoms with E-state index in [0.29, 0.717) is 5.92 Å². The average Bonchev–Trinajstić information content (AvgIpc) is 3.04. The van der Waals surface area contributed by atoms with E-state index >= 15 is 0 Å². The Balaban J connectivity index is 1.77. The fraction of sp³-hybridized carbons (Fsp3) is 0.333. The molecule has 2 aromatic carbocycles. The van der Waals surface area contributed by atoms with Crippen molar-refractivity contribution in [3.05, 3.63) is 48.0 Å². The van der Waals surface area contributed by atoms with E-state index in [0.717, 1.165) is 36.7 Å². The molecule has 1 atom stereocenters. The highest BCUT2D eigenvalue weighted by atomic mass is 16.5. The van der Waals surface area contributed by atoms with Gasteiger partial charge < -0.3 is 20.1 Å². The van der Waals surface area contributed by atoms with Crippen LogP contribution in [0, 0.1) is 0 Å². The minimum absolute atomic E-state index is 0.456. The minimum atomic E-state index is 0.456. The SMILES string of the molecule is COc1cccc(N2CCC(c3ccc(OC)cc3N)C2)c1. The van der Waals surface area contributed by atoms with Crippen LogP contribution in [0.4, 0.5) is 11.4 Å². The minimum Gasteiger partial charge on any atom is -0.497 e. The second kappa shape index (κ2) is 6.18. The molecule has 4 heteroatoms. The number of benzene rings is 2. The summed E-state index contributed by atoms with van der Waals surface area (Å²) in [6.07, 6.45) is 1.10. The number of rotatable bonds is 4. The van der Waals surface area contributed by atoms with E-state index in [-0.39, 0.29) is 0 Å². The normalized spacial score (nSPS) is 17.5. The Morgan fingerprint density at radius 1 is 1.05 bits per heavy atom. The molecule has 1 aliphatic rings. The van der Waals surface area contributed by atoms with Crippen LogP contribution >= 0.6 is 0 Å². The monoisotopic (exact) mass is 298 g/mol. The van der Waals surface area contributed by atoms with Crippen molar-refractivity contribution in [2.75, 3.05) is 37.9 Å². The fourth-order valence-corrected chi connectivity index (χ4v) is 3.11. The molecular formula is C18H22N2O2. The number of nitrogens with zero attached hydrogens (tertiary/aromatic N) is 1. The van der Waals surface area contributed by atoms with Crippen molar-refractivity contribution in [1.82, 2.24) is 0 Å². The maximum atomic E-state index is 6.19. The number of methoxy groups -OCH3 is 2. The van der Waals surface area contributed by atoms with Crippen LogP contribution in [0.25, 0.3) is 0 Å². The Bertz CT molecular complexity index is 657. The third-order valence-electron chi connectivity index (χ3n) is 4.34. The molecule has 1 saturated heterocycles. The standard InChI is InChI=1S/C18H22N2O2/c1-21-15-5-3-4-14(10-15)20-9-8-13(12-20)17-7-6-16(22-2)11-18(17)19/h3-7,10-11,13H,8-9,12,19H2,1-2H3. The van der Waals surface area contributed by atoms with Crippen molar-refractivity contribution in [2.24, 2.45) is 0 Å². The summed E-state index contributed by atoms with van der Waals surface area (Å²) >= 11 is 0. The zero-order valence-corrected chi connectivity index (χ0v) is 13.1. The molecule has 4 nitrogen and oxygen atoms in total. The molecule has 0 aliphatic carbocycles. The lowest BCUT2D eigenvalue weighted by molar-refractivity contribution is 0.414. The van der Waals surface area contributed by atoms with Gasteiger partial charge in [0, 0.05) is 42.5 Å². The first-order valence-corrected chi connectivity index (χ1v) is 7.53. The molecule has 0 radical (unpaired) electrons. The number of ether oxygens (including phenoxy) is 2. The zero-order chi connectivity index (χ0) is 15.5. The van der Waals surface area contributed by atoms with Gasteiger partial charge >= 0.3 is 0 Å². The maximum absolute atomic E-state index is 6.19. The third-order valence-corrected chi connectivity index (χ3v) is 4.34. The topological polar surface area (TPSA) is 47.7 Å². The molecule has 0 spiro atoms. The first-order chi connectivity index (χ1) is 10.7. The van der Waals surface area contributed by atoms with Gasteiger partial charge in [-0.25, -0.2) is 0 Å². The highest BCUT2D eigenvalue weighted by molar-refractivity contribution is 5.56. The van der Waals surface area contributed by atoms with Gasteiger partial charge in [-0.2, -0.15) is 0 Å². The largest absolute Gasteiger partial charge is 0.497 e. The summed E-state index contributed by atoms with van der Waals surface area (Å²) in [5, 5.41) is 0. The molecule has 0 aromatic heterocycles. The number of nitrogen functional groups attached to an aromatic ring is 1. The van der Waals surface area contributed by atoms with Gasteiger partial charge in [-0.15, -0.1) is 0 Å². The van der Waals surface area contributed by atoms with Crippen LogP contribution < -0.4 is 20.1 Å². The number of hydrogen-bond donors (Lipinski definition) is 1. The molecule has 0 bridgehead atoms. The van der Waals surface area contributed by atoms with E-state index < -0.39 is 0 Å².